The van der Waals surface area contributed by atoms with Crippen LogP contribution in [0.15, 0.2) is 53.9 Å². The van der Waals surface area contributed by atoms with E-state index in [9.17, 15) is 4.79 Å². The third-order valence-electron chi connectivity index (χ3n) is 5.00. The minimum Gasteiger partial charge on any atom is -0.377 e. The number of nitrogens with zero attached hydrogens (tertiary/aromatic N) is 2. The number of aromatic nitrogens is 2. The van der Waals surface area contributed by atoms with E-state index in [1.165, 1.54) is 0 Å². The quantitative estimate of drug-likeness (QED) is 0.421. The maximum absolute atomic E-state index is 12.7. The van der Waals surface area contributed by atoms with E-state index in [0.29, 0.717) is 18.2 Å². The van der Waals surface area contributed by atoms with Crippen LogP contribution in [0, 0.1) is 13.8 Å². The molecule has 0 fully saturated rings. The first-order valence-electron chi connectivity index (χ1n) is 9.99. The fourth-order valence-corrected chi connectivity index (χ4v) is 4.46. The molecule has 31 heavy (non-hydrogen) atoms. The van der Waals surface area contributed by atoms with Crippen LogP contribution in [0.1, 0.15) is 17.0 Å². The highest BCUT2D eigenvalue weighted by Crippen LogP contribution is 2.37. The number of fused-ring (bicyclic) bond motifs is 1. The maximum atomic E-state index is 12.7. The molecule has 0 unspecified atom stereocenters. The van der Waals surface area contributed by atoms with Crippen LogP contribution in [0.25, 0.3) is 21.3 Å². The number of hydrogen-bond acceptors (Lipinski definition) is 6. The molecular weight excluding hydrogens is 408 g/mol. The summed E-state index contributed by atoms with van der Waals surface area (Å²) in [4.78, 5) is 22.8. The number of rotatable bonds is 7. The summed E-state index contributed by atoms with van der Waals surface area (Å²) in [6.07, 6.45) is 0. The molecule has 0 radical (unpaired) electrons. The molecule has 0 saturated heterocycles. The Balaban J connectivity index is 1.64. The molecule has 4 aromatic rings. The first-order chi connectivity index (χ1) is 15.1. The topological polar surface area (TPSA) is 76.1 Å². The van der Waals surface area contributed by atoms with Crippen LogP contribution in [-0.2, 0) is 16.1 Å². The Morgan fingerprint density at radius 3 is 2.48 bits per heavy atom. The van der Waals surface area contributed by atoms with Gasteiger partial charge in [0.2, 0.25) is 5.91 Å². The van der Waals surface area contributed by atoms with E-state index in [2.05, 4.69) is 38.1 Å². The van der Waals surface area contributed by atoms with Crippen molar-refractivity contribution in [2.45, 2.75) is 20.5 Å². The molecule has 2 aromatic carbocycles. The van der Waals surface area contributed by atoms with Gasteiger partial charge in [-0.05, 0) is 30.5 Å². The number of nitrogens with one attached hydrogen (secondary N) is 2. The van der Waals surface area contributed by atoms with Crippen molar-refractivity contribution in [3.63, 3.8) is 0 Å². The molecule has 0 atom stereocenters. The maximum Gasteiger partial charge on any atom is 0.243 e. The summed E-state index contributed by atoms with van der Waals surface area (Å²) in [5, 5.41) is 9.23. The van der Waals surface area contributed by atoms with Crippen molar-refractivity contribution in [3.05, 3.63) is 70.9 Å². The molecule has 1 amide bonds. The van der Waals surface area contributed by atoms with Crippen LogP contribution in [0.3, 0.4) is 0 Å². The number of benzene rings is 2. The summed E-state index contributed by atoms with van der Waals surface area (Å²) in [6.45, 7) is 4.37. The number of anilines is 2. The molecule has 0 aliphatic carbocycles. The van der Waals surface area contributed by atoms with Crippen molar-refractivity contribution in [1.82, 2.24) is 9.97 Å². The number of carbonyl (C=O) groups excluding carboxylic acids is 1. The van der Waals surface area contributed by atoms with E-state index in [1.54, 1.807) is 18.4 Å². The van der Waals surface area contributed by atoms with E-state index in [0.717, 1.165) is 38.2 Å². The Morgan fingerprint density at radius 2 is 1.77 bits per heavy atom. The van der Waals surface area contributed by atoms with Crippen molar-refractivity contribution in [2.75, 3.05) is 24.3 Å². The molecule has 4 rings (SSSR count). The zero-order valence-corrected chi connectivity index (χ0v) is 18.5. The van der Waals surface area contributed by atoms with Crippen LogP contribution >= 0.6 is 11.3 Å². The summed E-state index contributed by atoms with van der Waals surface area (Å²) >= 11 is 1.56. The fourth-order valence-electron chi connectivity index (χ4n) is 3.50. The van der Waals surface area contributed by atoms with Gasteiger partial charge in [0, 0.05) is 23.7 Å². The second-order valence-electron chi connectivity index (χ2n) is 7.29. The van der Waals surface area contributed by atoms with Gasteiger partial charge in [-0.15, -0.1) is 11.3 Å². The van der Waals surface area contributed by atoms with Gasteiger partial charge in [0.1, 0.15) is 17.3 Å². The number of methoxy groups -OCH3 is 1. The second-order valence-corrected chi connectivity index (χ2v) is 8.14. The van der Waals surface area contributed by atoms with Crippen molar-refractivity contribution in [3.8, 4) is 11.1 Å². The lowest BCUT2D eigenvalue weighted by molar-refractivity contribution is -0.114. The summed E-state index contributed by atoms with van der Waals surface area (Å²) in [5.41, 5.74) is 5.04. The minimum atomic E-state index is -0.131. The van der Waals surface area contributed by atoms with E-state index < -0.39 is 0 Å². The van der Waals surface area contributed by atoms with Crippen molar-refractivity contribution in [1.29, 1.82) is 0 Å². The SMILES string of the molecule is COCc1nc(NCC(=O)Nc2c(C)cccc2C)c2c(-c3ccccc3)csc2n1. The third kappa shape index (κ3) is 4.57. The Morgan fingerprint density at radius 1 is 1.03 bits per heavy atom. The number of para-hydroxylation sites is 1. The average Bonchev–Trinajstić information content (AvgIpc) is 3.20. The average molecular weight is 433 g/mol. The molecule has 2 heterocycles. The standard InChI is InChI=1S/C24H24N4O2S/c1-15-8-7-9-16(2)22(15)28-20(29)12-25-23-21-18(17-10-5-4-6-11-17)14-31-24(21)27-19(26-23)13-30-3/h4-11,14H,12-13H2,1-3H3,(H,28,29)(H,25,26,27). The Labute approximate surface area is 185 Å². The lowest BCUT2D eigenvalue weighted by Crippen LogP contribution is -2.23. The van der Waals surface area contributed by atoms with Gasteiger partial charge in [-0.25, -0.2) is 9.97 Å². The van der Waals surface area contributed by atoms with Gasteiger partial charge < -0.3 is 15.4 Å². The largest absolute Gasteiger partial charge is 0.377 e. The first kappa shape index (κ1) is 21.0. The van der Waals surface area contributed by atoms with Gasteiger partial charge in [-0.3, -0.25) is 4.79 Å². The molecule has 158 valence electrons. The van der Waals surface area contributed by atoms with Crippen molar-refractivity contribution >= 4 is 39.0 Å². The summed E-state index contributed by atoms with van der Waals surface area (Å²) < 4.78 is 5.23. The van der Waals surface area contributed by atoms with Crippen LogP contribution in [0.5, 0.6) is 0 Å². The zero-order valence-electron chi connectivity index (χ0n) is 17.7. The second kappa shape index (κ2) is 9.24. The monoisotopic (exact) mass is 432 g/mol. The molecule has 0 saturated carbocycles. The Hall–Kier alpha value is -3.29. The summed E-state index contributed by atoms with van der Waals surface area (Å²) in [6, 6.07) is 16.1. The Kier molecular flexibility index (Phi) is 6.25. The minimum absolute atomic E-state index is 0.0936. The predicted molar refractivity (Wildman–Crippen MR) is 127 cm³/mol. The number of aryl methyl sites for hydroxylation is 2. The smallest absolute Gasteiger partial charge is 0.243 e. The van der Waals surface area contributed by atoms with Crippen molar-refractivity contribution in [2.24, 2.45) is 0 Å². The fraction of sp³-hybridized carbons (Fsp3) is 0.208. The number of ether oxygens (including phenoxy) is 1. The number of carbonyl (C=O) groups is 1. The molecular formula is C24H24N4O2S. The predicted octanol–water partition coefficient (Wildman–Crippen LogP) is 5.17. The van der Waals surface area contributed by atoms with E-state index in [-0.39, 0.29) is 12.5 Å². The molecule has 0 aliphatic heterocycles. The molecule has 2 aromatic heterocycles. The number of thiophene rings is 1. The van der Waals surface area contributed by atoms with Crippen LogP contribution in [0.4, 0.5) is 11.5 Å². The van der Waals surface area contributed by atoms with Crippen LogP contribution < -0.4 is 10.6 Å². The molecule has 0 aliphatic rings. The Bertz CT molecular complexity index is 1200. The van der Waals surface area contributed by atoms with Gasteiger partial charge in [-0.1, -0.05) is 48.5 Å². The highest BCUT2D eigenvalue weighted by molar-refractivity contribution is 7.17. The van der Waals surface area contributed by atoms with Crippen LogP contribution in [-0.4, -0.2) is 29.5 Å². The van der Waals surface area contributed by atoms with Gasteiger partial charge in [0.15, 0.2) is 5.82 Å². The summed E-state index contributed by atoms with van der Waals surface area (Å²) in [7, 11) is 1.61. The number of amides is 1. The van der Waals surface area contributed by atoms with Gasteiger partial charge in [-0.2, -0.15) is 0 Å². The van der Waals surface area contributed by atoms with Gasteiger partial charge >= 0.3 is 0 Å². The molecule has 7 heteroatoms. The van der Waals surface area contributed by atoms with E-state index >= 15 is 0 Å². The van der Waals surface area contributed by atoms with Gasteiger partial charge in [0.25, 0.3) is 0 Å². The lowest BCUT2D eigenvalue weighted by Gasteiger charge is -2.13. The third-order valence-corrected chi connectivity index (χ3v) is 5.87. The highest BCUT2D eigenvalue weighted by Gasteiger charge is 2.16. The molecule has 6 nitrogen and oxygen atoms in total. The zero-order chi connectivity index (χ0) is 21.8. The van der Waals surface area contributed by atoms with Crippen molar-refractivity contribution < 1.29 is 9.53 Å². The molecule has 0 spiro atoms. The summed E-state index contributed by atoms with van der Waals surface area (Å²) in [5.74, 6) is 1.08. The van der Waals surface area contributed by atoms with E-state index in [1.807, 2.05) is 50.2 Å². The first-order valence-corrected chi connectivity index (χ1v) is 10.9. The molecule has 2 N–H and O–H groups in total. The lowest BCUT2D eigenvalue weighted by atomic mass is 10.1. The molecule has 0 bridgehead atoms. The van der Waals surface area contributed by atoms with Crippen LogP contribution in [0.2, 0.25) is 0 Å². The normalized spacial score (nSPS) is 10.9. The number of hydrogen-bond donors (Lipinski definition) is 2. The van der Waals surface area contributed by atoms with Gasteiger partial charge in [0.05, 0.1) is 11.9 Å². The van der Waals surface area contributed by atoms with E-state index in [4.69, 9.17) is 4.74 Å². The highest BCUT2D eigenvalue weighted by atomic mass is 32.1.